The first kappa shape index (κ1) is 15.0. The summed E-state index contributed by atoms with van der Waals surface area (Å²) >= 11 is 0. The van der Waals surface area contributed by atoms with Crippen LogP contribution in [0.2, 0.25) is 0 Å². The van der Waals surface area contributed by atoms with Crippen molar-refractivity contribution < 1.29 is 9.18 Å². The van der Waals surface area contributed by atoms with Crippen LogP contribution in [0.25, 0.3) is 0 Å². The molecule has 1 aromatic rings. The van der Waals surface area contributed by atoms with Crippen molar-refractivity contribution in [3.63, 3.8) is 0 Å². The molecule has 1 aromatic carbocycles. The van der Waals surface area contributed by atoms with Gasteiger partial charge in [-0.2, -0.15) is 0 Å². The van der Waals surface area contributed by atoms with Crippen molar-refractivity contribution in [1.29, 1.82) is 0 Å². The first-order valence-corrected chi connectivity index (χ1v) is 7.28. The minimum absolute atomic E-state index is 0.0287. The van der Waals surface area contributed by atoms with Crippen LogP contribution >= 0.6 is 0 Å². The molecule has 1 amide bonds. The second-order valence-corrected chi connectivity index (χ2v) is 5.88. The lowest BCUT2D eigenvalue weighted by atomic mass is 9.94. The van der Waals surface area contributed by atoms with Crippen molar-refractivity contribution in [3.05, 3.63) is 35.6 Å². The summed E-state index contributed by atoms with van der Waals surface area (Å²) in [4.78, 5) is 14.3. The number of hydrogen-bond acceptors (Lipinski definition) is 2. The smallest absolute Gasteiger partial charge is 0.223 e. The maximum absolute atomic E-state index is 13.2. The molecule has 0 unspecified atom stereocenters. The molecule has 0 aromatic heterocycles. The van der Waals surface area contributed by atoms with Gasteiger partial charge >= 0.3 is 0 Å². The lowest BCUT2D eigenvalue weighted by molar-refractivity contribution is -0.134. The van der Waals surface area contributed by atoms with E-state index in [0.717, 1.165) is 24.9 Å². The van der Waals surface area contributed by atoms with Crippen LogP contribution in [0.15, 0.2) is 24.3 Å². The quantitative estimate of drug-likeness (QED) is 0.924. The van der Waals surface area contributed by atoms with Crippen LogP contribution in [-0.2, 0) is 4.79 Å². The zero-order valence-electron chi connectivity index (χ0n) is 12.2. The van der Waals surface area contributed by atoms with Gasteiger partial charge in [0.25, 0.3) is 0 Å². The van der Waals surface area contributed by atoms with Gasteiger partial charge in [0, 0.05) is 25.0 Å². The predicted molar refractivity (Wildman–Crippen MR) is 77.8 cm³/mol. The van der Waals surface area contributed by atoms with Gasteiger partial charge in [-0.3, -0.25) is 4.79 Å². The monoisotopic (exact) mass is 278 g/mol. The molecule has 3 nitrogen and oxygen atoms in total. The summed E-state index contributed by atoms with van der Waals surface area (Å²) < 4.78 is 13.2. The van der Waals surface area contributed by atoms with Crippen LogP contribution < -0.4 is 5.73 Å². The lowest BCUT2D eigenvalue weighted by Crippen LogP contribution is -2.48. The van der Waals surface area contributed by atoms with Crippen molar-refractivity contribution in [3.8, 4) is 0 Å². The predicted octanol–water partition coefficient (Wildman–Crippen LogP) is 2.66. The molecule has 0 radical (unpaired) electrons. The third-order valence-electron chi connectivity index (χ3n) is 4.14. The maximum atomic E-state index is 13.2. The lowest BCUT2D eigenvalue weighted by Gasteiger charge is -2.37. The summed E-state index contributed by atoms with van der Waals surface area (Å²) in [7, 11) is 0. The van der Waals surface area contributed by atoms with Gasteiger partial charge in [-0.15, -0.1) is 0 Å². The average Bonchev–Trinajstić information content (AvgIpc) is 2.38. The Morgan fingerprint density at radius 2 is 2.30 bits per heavy atom. The molecule has 20 heavy (non-hydrogen) atoms. The summed E-state index contributed by atoms with van der Waals surface area (Å²) in [5.74, 6) is -0.0822. The van der Waals surface area contributed by atoms with Crippen molar-refractivity contribution in [2.45, 2.75) is 51.1 Å². The Morgan fingerprint density at radius 1 is 1.55 bits per heavy atom. The number of nitrogens with two attached hydrogens (primary N) is 1. The highest BCUT2D eigenvalue weighted by atomic mass is 19.1. The molecule has 110 valence electrons. The molecular formula is C16H23FN2O. The van der Waals surface area contributed by atoms with Crippen LogP contribution in [0.1, 0.15) is 44.6 Å². The van der Waals surface area contributed by atoms with Crippen molar-refractivity contribution in [2.24, 2.45) is 5.73 Å². The molecule has 4 heteroatoms. The molecular weight excluding hydrogens is 255 g/mol. The van der Waals surface area contributed by atoms with Crippen molar-refractivity contribution >= 4 is 5.91 Å². The number of likely N-dealkylation sites (tertiary alicyclic amines) is 1. The Hall–Kier alpha value is -1.42. The second kappa shape index (κ2) is 6.35. The van der Waals surface area contributed by atoms with Crippen molar-refractivity contribution in [2.75, 3.05) is 6.54 Å². The first-order chi connectivity index (χ1) is 9.47. The van der Waals surface area contributed by atoms with Gasteiger partial charge in [0.15, 0.2) is 0 Å². The summed E-state index contributed by atoms with van der Waals surface area (Å²) in [6, 6.07) is 6.89. The van der Waals surface area contributed by atoms with Gasteiger partial charge in [0.1, 0.15) is 5.82 Å². The molecule has 1 fully saturated rings. The number of amides is 1. The van der Waals surface area contributed by atoms with E-state index in [-0.39, 0.29) is 29.7 Å². The Kier molecular flexibility index (Phi) is 4.76. The third-order valence-corrected chi connectivity index (χ3v) is 4.14. The highest BCUT2D eigenvalue weighted by Crippen LogP contribution is 2.23. The Bertz CT molecular complexity index is 477. The maximum Gasteiger partial charge on any atom is 0.223 e. The van der Waals surface area contributed by atoms with Gasteiger partial charge in [-0.1, -0.05) is 19.1 Å². The highest BCUT2D eigenvalue weighted by molar-refractivity contribution is 5.77. The largest absolute Gasteiger partial charge is 0.340 e. The fourth-order valence-electron chi connectivity index (χ4n) is 2.89. The van der Waals surface area contributed by atoms with Crippen molar-refractivity contribution in [1.82, 2.24) is 4.90 Å². The van der Waals surface area contributed by atoms with Crippen LogP contribution in [0.4, 0.5) is 4.39 Å². The van der Waals surface area contributed by atoms with Gasteiger partial charge < -0.3 is 10.6 Å². The van der Waals surface area contributed by atoms with E-state index in [1.54, 1.807) is 6.07 Å². The number of benzene rings is 1. The molecule has 1 aliphatic heterocycles. The molecule has 1 heterocycles. The van der Waals surface area contributed by atoms with Gasteiger partial charge in [-0.05, 0) is 43.4 Å². The third kappa shape index (κ3) is 3.57. The standard InChI is InChI=1S/C16H23FN2O/c1-11(13-4-3-5-14(17)10-13)8-16(20)19-7-6-15(18)9-12(19)2/h3-5,10-12,15H,6-9,18H2,1-2H3/t11-,12-,15+/m1/s1. The topological polar surface area (TPSA) is 46.3 Å². The number of carbonyl (C=O) groups excluding carboxylic acids is 1. The Morgan fingerprint density at radius 3 is 2.95 bits per heavy atom. The molecule has 0 spiro atoms. The number of halogens is 1. The zero-order chi connectivity index (χ0) is 14.7. The number of hydrogen-bond donors (Lipinski definition) is 1. The number of carbonyl (C=O) groups is 1. The molecule has 0 saturated carbocycles. The van der Waals surface area contributed by atoms with E-state index in [9.17, 15) is 9.18 Å². The minimum atomic E-state index is -0.251. The summed E-state index contributed by atoms with van der Waals surface area (Å²) in [5.41, 5.74) is 6.79. The molecule has 0 bridgehead atoms. The van der Waals surface area contributed by atoms with E-state index < -0.39 is 0 Å². The normalized spacial score (nSPS) is 24.5. The minimum Gasteiger partial charge on any atom is -0.340 e. The molecule has 1 aliphatic rings. The summed E-state index contributed by atoms with van der Waals surface area (Å²) in [6.45, 7) is 4.74. The fraction of sp³-hybridized carbons (Fsp3) is 0.562. The zero-order valence-corrected chi connectivity index (χ0v) is 12.2. The summed E-state index contributed by atoms with van der Waals surface area (Å²) in [6.07, 6.45) is 2.15. The van der Waals surface area contributed by atoms with Crippen LogP contribution in [0.5, 0.6) is 0 Å². The van der Waals surface area contributed by atoms with E-state index in [1.807, 2.05) is 24.8 Å². The number of nitrogens with zero attached hydrogens (tertiary/aromatic N) is 1. The average molecular weight is 278 g/mol. The Balaban J connectivity index is 1.97. The van der Waals surface area contributed by atoms with E-state index in [2.05, 4.69) is 0 Å². The molecule has 2 rings (SSSR count). The van der Waals surface area contributed by atoms with E-state index in [0.29, 0.717) is 6.42 Å². The number of piperidine rings is 1. The number of rotatable bonds is 3. The SMILES string of the molecule is C[C@H](CC(=O)N1CC[C@H](N)C[C@H]1C)c1cccc(F)c1. The van der Waals surface area contributed by atoms with E-state index in [1.165, 1.54) is 12.1 Å². The Labute approximate surface area is 120 Å². The fourth-order valence-corrected chi connectivity index (χ4v) is 2.89. The molecule has 3 atom stereocenters. The van der Waals surface area contributed by atoms with E-state index in [4.69, 9.17) is 5.73 Å². The summed E-state index contributed by atoms with van der Waals surface area (Å²) in [5, 5.41) is 0. The van der Waals surface area contributed by atoms with Crippen LogP contribution in [0, 0.1) is 5.82 Å². The van der Waals surface area contributed by atoms with Crippen LogP contribution in [-0.4, -0.2) is 29.4 Å². The highest BCUT2D eigenvalue weighted by Gasteiger charge is 2.27. The van der Waals surface area contributed by atoms with Crippen LogP contribution in [0.3, 0.4) is 0 Å². The van der Waals surface area contributed by atoms with Gasteiger partial charge in [-0.25, -0.2) is 4.39 Å². The molecule has 2 N–H and O–H groups in total. The first-order valence-electron chi connectivity index (χ1n) is 7.28. The van der Waals surface area contributed by atoms with Gasteiger partial charge in [0.2, 0.25) is 5.91 Å². The molecule has 0 aliphatic carbocycles. The van der Waals surface area contributed by atoms with Gasteiger partial charge in [0.05, 0.1) is 0 Å². The second-order valence-electron chi connectivity index (χ2n) is 5.88. The molecule has 1 saturated heterocycles. The van der Waals surface area contributed by atoms with E-state index >= 15 is 0 Å².